The number of thiophene rings is 1. The molecule has 122 valence electrons. The Balaban J connectivity index is 1.51. The van der Waals surface area contributed by atoms with Crippen molar-refractivity contribution in [3.8, 4) is 0 Å². The number of carbonyl (C=O) groups is 1. The van der Waals surface area contributed by atoms with Crippen LogP contribution in [0.25, 0.3) is 0 Å². The molecule has 0 saturated heterocycles. The summed E-state index contributed by atoms with van der Waals surface area (Å²) in [5, 5.41) is 4.00. The van der Waals surface area contributed by atoms with Gasteiger partial charge in [0.25, 0.3) is 5.91 Å². The van der Waals surface area contributed by atoms with Crippen LogP contribution >= 0.6 is 11.3 Å². The number of carbonyl (C=O) groups excluding carboxylic acids is 1. The van der Waals surface area contributed by atoms with Crippen LogP contribution in [-0.4, -0.2) is 11.9 Å². The number of fused-ring (bicyclic) bond motifs is 1. The van der Waals surface area contributed by atoms with Gasteiger partial charge >= 0.3 is 0 Å². The van der Waals surface area contributed by atoms with Crippen LogP contribution in [0, 0.1) is 0 Å². The number of amides is 1. The number of benzene rings is 1. The first-order valence-electron chi connectivity index (χ1n) is 8.00. The molecule has 3 heterocycles. The van der Waals surface area contributed by atoms with E-state index in [0.717, 1.165) is 17.2 Å². The van der Waals surface area contributed by atoms with Crippen LogP contribution in [0.1, 0.15) is 27.9 Å². The molecular weight excluding hydrogens is 320 g/mol. The summed E-state index contributed by atoms with van der Waals surface area (Å²) >= 11 is 1.53. The van der Waals surface area contributed by atoms with Crippen molar-refractivity contribution in [2.24, 2.45) is 0 Å². The number of para-hydroxylation sites is 1. The lowest BCUT2D eigenvalue weighted by molar-refractivity contribution is 0.0952. The number of anilines is 2. The Morgan fingerprint density at radius 2 is 2.12 bits per heavy atom. The lowest BCUT2D eigenvalue weighted by Gasteiger charge is -2.22. The Morgan fingerprint density at radius 1 is 1.25 bits per heavy atom. The van der Waals surface area contributed by atoms with Gasteiger partial charge in [0, 0.05) is 11.7 Å². The smallest absolute Gasteiger partial charge is 0.261 e. The number of hydrogen-bond acceptors (Lipinski definition) is 4. The largest absolute Gasteiger partial charge is 0.467 e. The van der Waals surface area contributed by atoms with Crippen LogP contribution in [0.15, 0.2) is 59.2 Å². The number of hydrogen-bond donors (Lipinski definition) is 1. The molecule has 2 aromatic heterocycles. The lowest BCUT2D eigenvalue weighted by atomic mass is 10.1. The predicted molar refractivity (Wildman–Crippen MR) is 95.9 cm³/mol. The maximum Gasteiger partial charge on any atom is 0.261 e. The van der Waals surface area contributed by atoms with Gasteiger partial charge in [0.1, 0.15) is 5.76 Å². The zero-order valence-corrected chi connectivity index (χ0v) is 14.2. The number of nitrogens with zero attached hydrogens (tertiary/aromatic N) is 1. The highest BCUT2D eigenvalue weighted by molar-refractivity contribution is 7.18. The van der Waals surface area contributed by atoms with E-state index in [2.05, 4.69) is 41.4 Å². The van der Waals surface area contributed by atoms with Gasteiger partial charge in [0.15, 0.2) is 0 Å². The third-order valence-corrected chi connectivity index (χ3v) is 5.35. The van der Waals surface area contributed by atoms with Gasteiger partial charge in [-0.3, -0.25) is 4.79 Å². The molecule has 0 fully saturated rings. The van der Waals surface area contributed by atoms with E-state index in [0.29, 0.717) is 17.5 Å². The molecular formula is C19H18N2O2S. The molecule has 1 aromatic carbocycles. The summed E-state index contributed by atoms with van der Waals surface area (Å²) < 4.78 is 5.24. The monoisotopic (exact) mass is 338 g/mol. The first-order chi connectivity index (χ1) is 11.7. The molecule has 0 spiro atoms. The summed E-state index contributed by atoms with van der Waals surface area (Å²) in [5.41, 5.74) is 2.61. The van der Waals surface area contributed by atoms with Crippen molar-refractivity contribution < 1.29 is 9.21 Å². The molecule has 4 rings (SSSR count). The summed E-state index contributed by atoms with van der Waals surface area (Å²) in [6, 6.07) is 16.5. The first kappa shape index (κ1) is 15.0. The number of rotatable bonds is 4. The Bertz CT molecular complexity index is 854. The van der Waals surface area contributed by atoms with Gasteiger partial charge in [0.05, 0.1) is 22.7 Å². The Kier molecular flexibility index (Phi) is 3.86. The summed E-state index contributed by atoms with van der Waals surface area (Å²) in [6.07, 6.45) is 2.64. The van der Waals surface area contributed by atoms with Crippen molar-refractivity contribution in [2.45, 2.75) is 25.9 Å². The van der Waals surface area contributed by atoms with Gasteiger partial charge in [-0.1, -0.05) is 18.2 Å². The predicted octanol–water partition coefficient (Wildman–Crippen LogP) is 4.35. The third kappa shape index (κ3) is 2.71. The molecule has 1 amide bonds. The lowest BCUT2D eigenvalue weighted by Crippen LogP contribution is -2.23. The quantitative estimate of drug-likeness (QED) is 0.769. The SMILES string of the molecule is CC1Cc2ccccc2N1c1ccc(C(=O)NCc2ccco2)s1. The number of nitrogens with one attached hydrogen (secondary N) is 1. The van der Waals surface area contributed by atoms with Gasteiger partial charge < -0.3 is 14.6 Å². The zero-order chi connectivity index (χ0) is 16.5. The normalized spacial score (nSPS) is 16.2. The van der Waals surface area contributed by atoms with E-state index in [1.165, 1.54) is 22.6 Å². The molecule has 1 unspecified atom stereocenters. The minimum atomic E-state index is -0.0669. The molecule has 0 radical (unpaired) electrons. The van der Waals surface area contributed by atoms with E-state index in [1.54, 1.807) is 6.26 Å². The third-order valence-electron chi connectivity index (χ3n) is 4.26. The summed E-state index contributed by atoms with van der Waals surface area (Å²) in [4.78, 5) is 15.4. The van der Waals surface area contributed by atoms with Crippen LogP contribution in [0.5, 0.6) is 0 Å². The summed E-state index contributed by atoms with van der Waals surface area (Å²) in [7, 11) is 0. The van der Waals surface area contributed by atoms with E-state index in [4.69, 9.17) is 4.42 Å². The fourth-order valence-corrected chi connectivity index (χ4v) is 4.19. The van der Waals surface area contributed by atoms with Crippen molar-refractivity contribution in [1.82, 2.24) is 5.32 Å². The first-order valence-corrected chi connectivity index (χ1v) is 8.81. The van der Waals surface area contributed by atoms with Crippen molar-refractivity contribution in [3.63, 3.8) is 0 Å². The highest BCUT2D eigenvalue weighted by Gasteiger charge is 2.28. The minimum Gasteiger partial charge on any atom is -0.467 e. The molecule has 4 nitrogen and oxygen atoms in total. The molecule has 1 atom stereocenters. The molecule has 0 saturated carbocycles. The summed E-state index contributed by atoms with van der Waals surface area (Å²) in [6.45, 7) is 2.62. The van der Waals surface area contributed by atoms with Crippen LogP contribution in [0.3, 0.4) is 0 Å². The Hall–Kier alpha value is -2.53. The molecule has 1 aliphatic heterocycles. The van der Waals surface area contributed by atoms with Gasteiger partial charge in [0.2, 0.25) is 0 Å². The van der Waals surface area contributed by atoms with Crippen LogP contribution in [-0.2, 0) is 13.0 Å². The van der Waals surface area contributed by atoms with E-state index in [9.17, 15) is 4.79 Å². The van der Waals surface area contributed by atoms with Gasteiger partial charge in [-0.05, 0) is 49.2 Å². The van der Waals surface area contributed by atoms with E-state index in [1.807, 2.05) is 24.3 Å². The van der Waals surface area contributed by atoms with Crippen LogP contribution < -0.4 is 10.2 Å². The van der Waals surface area contributed by atoms with E-state index < -0.39 is 0 Å². The second-order valence-corrected chi connectivity index (χ2v) is 7.01. The second-order valence-electron chi connectivity index (χ2n) is 5.95. The number of furan rings is 1. The van der Waals surface area contributed by atoms with Gasteiger partial charge in [-0.2, -0.15) is 0 Å². The van der Waals surface area contributed by atoms with Crippen molar-refractivity contribution >= 4 is 27.9 Å². The topological polar surface area (TPSA) is 45.5 Å². The zero-order valence-electron chi connectivity index (χ0n) is 13.4. The average molecular weight is 338 g/mol. The maximum absolute atomic E-state index is 12.3. The molecule has 24 heavy (non-hydrogen) atoms. The minimum absolute atomic E-state index is 0.0669. The summed E-state index contributed by atoms with van der Waals surface area (Å²) in [5.74, 6) is 0.685. The highest BCUT2D eigenvalue weighted by Crippen LogP contribution is 2.41. The molecule has 1 N–H and O–H groups in total. The highest BCUT2D eigenvalue weighted by atomic mass is 32.1. The molecule has 0 aliphatic carbocycles. The maximum atomic E-state index is 12.3. The van der Waals surface area contributed by atoms with Crippen molar-refractivity contribution in [2.75, 3.05) is 4.90 Å². The molecule has 1 aliphatic rings. The van der Waals surface area contributed by atoms with E-state index >= 15 is 0 Å². The van der Waals surface area contributed by atoms with Gasteiger partial charge in [-0.15, -0.1) is 11.3 Å². The fourth-order valence-electron chi connectivity index (χ4n) is 3.15. The fraction of sp³-hybridized carbons (Fsp3) is 0.211. The standard InChI is InChI=1S/C19H18N2O2S/c1-13-11-14-5-2-3-7-16(14)21(13)18-9-8-17(24-18)19(22)20-12-15-6-4-10-23-15/h2-10,13H,11-12H2,1H3,(H,20,22). The van der Waals surface area contributed by atoms with Crippen LogP contribution in [0.4, 0.5) is 10.7 Å². The molecule has 0 bridgehead atoms. The molecule has 3 aromatic rings. The van der Waals surface area contributed by atoms with E-state index in [-0.39, 0.29) is 5.91 Å². The van der Waals surface area contributed by atoms with Gasteiger partial charge in [-0.25, -0.2) is 0 Å². The second kappa shape index (κ2) is 6.17. The van der Waals surface area contributed by atoms with Crippen LogP contribution in [0.2, 0.25) is 0 Å². The Labute approximate surface area is 144 Å². The Morgan fingerprint density at radius 3 is 2.96 bits per heavy atom. The molecule has 5 heteroatoms. The van der Waals surface area contributed by atoms with Crippen molar-refractivity contribution in [3.05, 3.63) is 71.0 Å². The average Bonchev–Trinajstić information content (AvgIpc) is 3.31. The van der Waals surface area contributed by atoms with Crippen molar-refractivity contribution in [1.29, 1.82) is 0 Å².